The number of aromatic hydroxyl groups is 1. The van der Waals surface area contributed by atoms with E-state index in [1.807, 2.05) is 0 Å². The normalized spacial score (nSPS) is 10.1. The standard InChI is InChI=1S/C9H7N3O3/c13-8-3-1-2-7(6-8)11-5-4-9(10-11)12(14)15/h1-6,13H. The first-order valence-corrected chi connectivity index (χ1v) is 4.16. The van der Waals surface area contributed by atoms with Gasteiger partial charge in [-0.3, -0.25) is 0 Å². The van der Waals surface area contributed by atoms with E-state index < -0.39 is 4.92 Å². The van der Waals surface area contributed by atoms with Gasteiger partial charge in [-0.15, -0.1) is 4.68 Å². The Hall–Kier alpha value is -2.37. The van der Waals surface area contributed by atoms with Crippen molar-refractivity contribution >= 4 is 5.82 Å². The highest BCUT2D eigenvalue weighted by Gasteiger charge is 2.11. The molecule has 0 atom stereocenters. The maximum Gasteiger partial charge on any atom is 0.390 e. The van der Waals surface area contributed by atoms with Gasteiger partial charge in [0.05, 0.1) is 23.0 Å². The molecule has 2 aromatic rings. The number of aromatic nitrogens is 2. The average molecular weight is 205 g/mol. The van der Waals surface area contributed by atoms with Crippen LogP contribution in [0.5, 0.6) is 5.75 Å². The fraction of sp³-hybridized carbons (Fsp3) is 0. The number of hydrogen-bond donors (Lipinski definition) is 1. The van der Waals surface area contributed by atoms with Crippen LogP contribution in [0, 0.1) is 10.1 Å². The van der Waals surface area contributed by atoms with E-state index in [9.17, 15) is 15.2 Å². The topological polar surface area (TPSA) is 81.2 Å². The largest absolute Gasteiger partial charge is 0.508 e. The quantitative estimate of drug-likeness (QED) is 0.594. The first-order valence-electron chi connectivity index (χ1n) is 4.16. The van der Waals surface area contributed by atoms with Gasteiger partial charge in [0.25, 0.3) is 0 Å². The Morgan fingerprint density at radius 2 is 2.20 bits per heavy atom. The molecule has 76 valence electrons. The van der Waals surface area contributed by atoms with Gasteiger partial charge in [0.1, 0.15) is 5.75 Å². The molecule has 0 radical (unpaired) electrons. The molecule has 0 aliphatic heterocycles. The highest BCUT2D eigenvalue weighted by molar-refractivity contribution is 5.38. The summed E-state index contributed by atoms with van der Waals surface area (Å²) in [6, 6.07) is 7.61. The van der Waals surface area contributed by atoms with Crippen LogP contribution in [-0.2, 0) is 0 Å². The van der Waals surface area contributed by atoms with Crippen molar-refractivity contribution < 1.29 is 10.0 Å². The Kier molecular flexibility index (Phi) is 2.09. The average Bonchev–Trinajstić information content (AvgIpc) is 2.66. The third-order valence-corrected chi connectivity index (χ3v) is 1.86. The lowest BCUT2D eigenvalue weighted by Gasteiger charge is -1.96. The first kappa shape index (κ1) is 9.20. The van der Waals surface area contributed by atoms with Gasteiger partial charge >= 0.3 is 5.82 Å². The summed E-state index contributed by atoms with van der Waals surface area (Å²) < 4.78 is 1.33. The molecule has 0 saturated carbocycles. The lowest BCUT2D eigenvalue weighted by atomic mass is 10.3. The number of nitrogens with zero attached hydrogens (tertiary/aromatic N) is 3. The lowest BCUT2D eigenvalue weighted by Crippen LogP contribution is -1.96. The van der Waals surface area contributed by atoms with Crippen LogP contribution in [0.1, 0.15) is 0 Å². The van der Waals surface area contributed by atoms with Crippen molar-refractivity contribution in [1.82, 2.24) is 9.78 Å². The molecule has 6 heteroatoms. The third-order valence-electron chi connectivity index (χ3n) is 1.86. The fourth-order valence-corrected chi connectivity index (χ4v) is 1.19. The molecule has 6 nitrogen and oxygen atoms in total. The highest BCUT2D eigenvalue weighted by Crippen LogP contribution is 2.16. The van der Waals surface area contributed by atoms with Crippen LogP contribution in [0.2, 0.25) is 0 Å². The molecule has 1 heterocycles. The summed E-state index contributed by atoms with van der Waals surface area (Å²) in [5.74, 6) is -0.135. The van der Waals surface area contributed by atoms with Crippen LogP contribution < -0.4 is 0 Å². The molecule has 0 spiro atoms. The Labute approximate surface area is 84.5 Å². The first-order chi connectivity index (χ1) is 7.16. The molecule has 0 unspecified atom stereocenters. The van der Waals surface area contributed by atoms with Gasteiger partial charge in [0.15, 0.2) is 0 Å². The number of nitro groups is 1. The summed E-state index contributed by atoms with van der Waals surface area (Å²) in [6.45, 7) is 0. The van der Waals surface area contributed by atoms with E-state index in [0.29, 0.717) is 5.69 Å². The van der Waals surface area contributed by atoms with Gasteiger partial charge in [0, 0.05) is 6.07 Å². The van der Waals surface area contributed by atoms with Crippen molar-refractivity contribution in [2.45, 2.75) is 0 Å². The third kappa shape index (κ3) is 1.78. The number of rotatable bonds is 2. The van der Waals surface area contributed by atoms with Crippen molar-refractivity contribution in [3.63, 3.8) is 0 Å². The van der Waals surface area contributed by atoms with Crippen molar-refractivity contribution in [2.75, 3.05) is 0 Å². The van der Waals surface area contributed by atoms with Gasteiger partial charge in [-0.05, 0) is 17.1 Å². The van der Waals surface area contributed by atoms with Crippen molar-refractivity contribution in [3.8, 4) is 11.4 Å². The molecule has 1 aromatic heterocycles. The Bertz CT molecular complexity index is 507. The van der Waals surface area contributed by atoms with Gasteiger partial charge in [-0.2, -0.15) is 0 Å². The van der Waals surface area contributed by atoms with E-state index in [2.05, 4.69) is 5.10 Å². The maximum atomic E-state index is 10.4. The molecule has 0 fully saturated rings. The number of phenolic OH excluding ortho intramolecular Hbond substituents is 1. The minimum absolute atomic E-state index is 0.0886. The molecule has 0 saturated heterocycles. The van der Waals surface area contributed by atoms with Gasteiger partial charge in [-0.25, -0.2) is 0 Å². The minimum atomic E-state index is -0.570. The second-order valence-electron chi connectivity index (χ2n) is 2.90. The summed E-state index contributed by atoms with van der Waals surface area (Å²) in [6.07, 6.45) is 1.47. The smallest absolute Gasteiger partial charge is 0.390 e. The van der Waals surface area contributed by atoms with Crippen LogP contribution in [-0.4, -0.2) is 19.8 Å². The molecule has 0 amide bonds. The van der Waals surface area contributed by atoms with Crippen molar-refractivity contribution in [1.29, 1.82) is 0 Å². The number of hydrogen-bond acceptors (Lipinski definition) is 4. The molecular formula is C9H7N3O3. The Morgan fingerprint density at radius 1 is 1.40 bits per heavy atom. The van der Waals surface area contributed by atoms with E-state index in [0.717, 1.165) is 0 Å². The summed E-state index contributed by atoms with van der Waals surface area (Å²) in [7, 11) is 0. The molecule has 15 heavy (non-hydrogen) atoms. The van der Waals surface area contributed by atoms with E-state index in [4.69, 9.17) is 0 Å². The van der Waals surface area contributed by atoms with E-state index in [1.54, 1.807) is 12.1 Å². The molecular weight excluding hydrogens is 198 g/mol. The monoisotopic (exact) mass is 205 g/mol. The van der Waals surface area contributed by atoms with Crippen LogP contribution >= 0.6 is 0 Å². The summed E-state index contributed by atoms with van der Waals surface area (Å²) >= 11 is 0. The van der Waals surface area contributed by atoms with Crippen LogP contribution in [0.25, 0.3) is 5.69 Å². The second-order valence-corrected chi connectivity index (χ2v) is 2.90. The SMILES string of the molecule is O=[N+]([O-])c1ccn(-c2cccc(O)c2)n1. The van der Waals surface area contributed by atoms with Gasteiger partial charge in [0.2, 0.25) is 0 Å². The fourth-order valence-electron chi connectivity index (χ4n) is 1.19. The van der Waals surface area contributed by atoms with Gasteiger partial charge < -0.3 is 15.2 Å². The molecule has 1 N–H and O–H groups in total. The summed E-state index contributed by atoms with van der Waals surface area (Å²) in [5.41, 5.74) is 0.572. The molecule has 0 aliphatic carbocycles. The predicted octanol–water partition coefficient (Wildman–Crippen LogP) is 1.49. The van der Waals surface area contributed by atoms with E-state index in [-0.39, 0.29) is 11.6 Å². The zero-order chi connectivity index (χ0) is 10.8. The van der Waals surface area contributed by atoms with Crippen LogP contribution in [0.15, 0.2) is 36.5 Å². The second kappa shape index (κ2) is 3.41. The van der Waals surface area contributed by atoms with E-state index in [1.165, 1.54) is 29.1 Å². The molecule has 1 aromatic carbocycles. The maximum absolute atomic E-state index is 10.4. The van der Waals surface area contributed by atoms with Crippen LogP contribution in [0.3, 0.4) is 0 Å². The highest BCUT2D eigenvalue weighted by atomic mass is 16.6. The Morgan fingerprint density at radius 3 is 2.80 bits per heavy atom. The lowest BCUT2D eigenvalue weighted by molar-refractivity contribution is -0.389. The Balaban J connectivity index is 2.41. The zero-order valence-electron chi connectivity index (χ0n) is 7.57. The number of phenols is 1. The minimum Gasteiger partial charge on any atom is -0.508 e. The summed E-state index contributed by atoms with van der Waals surface area (Å²) in [4.78, 5) is 9.82. The van der Waals surface area contributed by atoms with Crippen molar-refractivity contribution in [2.24, 2.45) is 0 Å². The zero-order valence-corrected chi connectivity index (χ0v) is 7.57. The van der Waals surface area contributed by atoms with Gasteiger partial charge in [-0.1, -0.05) is 6.07 Å². The predicted molar refractivity (Wildman–Crippen MR) is 51.9 cm³/mol. The molecule has 2 rings (SSSR count). The van der Waals surface area contributed by atoms with Crippen molar-refractivity contribution in [3.05, 3.63) is 46.6 Å². The summed E-state index contributed by atoms with van der Waals surface area (Å²) in [5, 5.41) is 23.3. The van der Waals surface area contributed by atoms with Crippen LogP contribution in [0.4, 0.5) is 5.82 Å². The van der Waals surface area contributed by atoms with E-state index >= 15 is 0 Å². The molecule has 0 aliphatic rings. The molecule has 0 bridgehead atoms. The number of benzene rings is 1.